The second-order valence-electron chi connectivity index (χ2n) is 7.41. The third-order valence-corrected chi connectivity index (χ3v) is 5.45. The molecule has 0 saturated carbocycles. The van der Waals surface area contributed by atoms with Crippen LogP contribution in [0.2, 0.25) is 0 Å². The van der Waals surface area contributed by atoms with Crippen LogP contribution >= 0.6 is 0 Å². The topological polar surface area (TPSA) is 84.3 Å². The lowest BCUT2D eigenvalue weighted by Crippen LogP contribution is -2.29. The van der Waals surface area contributed by atoms with Gasteiger partial charge in [-0.15, -0.1) is 10.2 Å². The van der Waals surface area contributed by atoms with Gasteiger partial charge in [0.2, 0.25) is 5.95 Å². The van der Waals surface area contributed by atoms with Crippen LogP contribution in [-0.2, 0) is 10.9 Å². The number of aryl methyl sites for hydroxylation is 1. The fourth-order valence-corrected chi connectivity index (χ4v) is 4.15. The van der Waals surface area contributed by atoms with E-state index in [1.165, 1.54) is 6.92 Å². The zero-order valence-electron chi connectivity index (χ0n) is 16.1. The molecule has 2 atom stereocenters. The molecule has 5 rings (SSSR count). The van der Waals surface area contributed by atoms with Crippen molar-refractivity contribution in [2.24, 2.45) is 0 Å². The Balaban J connectivity index is 1.60. The summed E-state index contributed by atoms with van der Waals surface area (Å²) in [4.78, 5) is 9.79. The van der Waals surface area contributed by atoms with Crippen LogP contribution in [0.15, 0.2) is 30.6 Å². The molecule has 7 nitrogen and oxygen atoms in total. The van der Waals surface area contributed by atoms with E-state index in [2.05, 4.69) is 20.2 Å². The molecule has 2 aromatic heterocycles. The first-order valence-corrected chi connectivity index (χ1v) is 9.41. The number of halogens is 4. The number of phenols is 1. The molecule has 2 aliphatic heterocycles. The van der Waals surface area contributed by atoms with Gasteiger partial charge >= 0.3 is 6.18 Å². The lowest BCUT2D eigenvalue weighted by Gasteiger charge is -2.22. The standard InChI is InChI=1S/C20H15F4N5O2/c1-9-4-10(20(22,23)24)5-15(30)16(9)13-6-12-17-14(2-3-31-17)29(18(12)28-27-13)19-25-7-11(21)8-26-19/h4-8,14,17,30H,2-3H2,1H3/t14-,17-/m1/s1. The maximum absolute atomic E-state index is 13.3. The molecular weight excluding hydrogens is 418 g/mol. The molecule has 3 aromatic rings. The molecule has 160 valence electrons. The van der Waals surface area contributed by atoms with Crippen molar-refractivity contribution in [3.63, 3.8) is 0 Å². The number of aromatic hydroxyl groups is 1. The van der Waals surface area contributed by atoms with Gasteiger partial charge in [-0.3, -0.25) is 4.90 Å². The maximum atomic E-state index is 13.3. The third kappa shape index (κ3) is 3.16. The summed E-state index contributed by atoms with van der Waals surface area (Å²) >= 11 is 0. The van der Waals surface area contributed by atoms with Crippen LogP contribution in [0.25, 0.3) is 11.3 Å². The minimum absolute atomic E-state index is 0.161. The van der Waals surface area contributed by atoms with E-state index in [1.807, 2.05) is 0 Å². The van der Waals surface area contributed by atoms with Gasteiger partial charge in [0.1, 0.15) is 11.9 Å². The summed E-state index contributed by atoms with van der Waals surface area (Å²) in [6, 6.07) is 3.10. The molecule has 0 unspecified atom stereocenters. The summed E-state index contributed by atoms with van der Waals surface area (Å²) in [5, 5.41) is 18.7. The smallest absolute Gasteiger partial charge is 0.416 e. The summed E-state index contributed by atoms with van der Waals surface area (Å²) < 4.78 is 58.2. The van der Waals surface area contributed by atoms with E-state index >= 15 is 0 Å². The van der Waals surface area contributed by atoms with Crippen LogP contribution in [0.4, 0.5) is 29.3 Å². The molecule has 0 aliphatic carbocycles. The highest BCUT2D eigenvalue weighted by molar-refractivity contribution is 5.74. The molecule has 2 aliphatic rings. The first-order chi connectivity index (χ1) is 14.7. The van der Waals surface area contributed by atoms with Crippen LogP contribution in [-0.4, -0.2) is 37.9 Å². The van der Waals surface area contributed by atoms with E-state index in [0.29, 0.717) is 30.5 Å². The molecule has 4 heterocycles. The third-order valence-electron chi connectivity index (χ3n) is 5.45. The van der Waals surface area contributed by atoms with Gasteiger partial charge in [-0.2, -0.15) is 13.2 Å². The number of aromatic nitrogens is 4. The van der Waals surface area contributed by atoms with Crippen LogP contribution in [0.5, 0.6) is 5.75 Å². The number of fused-ring (bicyclic) bond motifs is 3. The molecule has 1 N–H and O–H groups in total. The number of phenolic OH excluding ortho intramolecular Hbond substituents is 1. The Bertz CT molecular complexity index is 1150. The van der Waals surface area contributed by atoms with Crippen LogP contribution < -0.4 is 4.90 Å². The Hall–Kier alpha value is -3.34. The van der Waals surface area contributed by atoms with Gasteiger partial charge < -0.3 is 9.84 Å². The molecule has 11 heteroatoms. The van der Waals surface area contributed by atoms with E-state index in [0.717, 1.165) is 18.5 Å². The second kappa shape index (κ2) is 6.84. The first kappa shape index (κ1) is 19.6. The van der Waals surface area contributed by atoms with Crippen molar-refractivity contribution in [3.05, 3.63) is 53.1 Å². The molecule has 0 amide bonds. The average molecular weight is 433 g/mol. The van der Waals surface area contributed by atoms with Gasteiger partial charge in [-0.05, 0) is 37.1 Å². The second-order valence-corrected chi connectivity index (χ2v) is 7.41. The van der Waals surface area contributed by atoms with Crippen molar-refractivity contribution in [1.29, 1.82) is 0 Å². The largest absolute Gasteiger partial charge is 0.507 e. The Labute approximate surface area is 173 Å². The molecule has 1 saturated heterocycles. The Morgan fingerprint density at radius 2 is 1.87 bits per heavy atom. The van der Waals surface area contributed by atoms with E-state index in [9.17, 15) is 22.7 Å². The van der Waals surface area contributed by atoms with E-state index < -0.39 is 23.3 Å². The molecule has 0 spiro atoms. The number of anilines is 2. The summed E-state index contributed by atoms with van der Waals surface area (Å²) in [6.07, 6.45) is -2.20. The molecule has 31 heavy (non-hydrogen) atoms. The lowest BCUT2D eigenvalue weighted by atomic mass is 9.99. The number of benzene rings is 1. The molecule has 0 bridgehead atoms. The van der Waals surface area contributed by atoms with E-state index in [1.54, 1.807) is 11.0 Å². The summed E-state index contributed by atoms with van der Waals surface area (Å²) in [5.74, 6) is -0.440. The maximum Gasteiger partial charge on any atom is 0.416 e. The zero-order chi connectivity index (χ0) is 21.9. The van der Waals surface area contributed by atoms with Crippen molar-refractivity contribution < 1.29 is 27.4 Å². The number of hydrogen-bond donors (Lipinski definition) is 1. The first-order valence-electron chi connectivity index (χ1n) is 9.41. The number of nitrogens with zero attached hydrogens (tertiary/aromatic N) is 5. The Morgan fingerprint density at radius 1 is 1.13 bits per heavy atom. The molecular formula is C20H15F4N5O2. The minimum atomic E-state index is -4.58. The molecule has 1 fully saturated rings. The Morgan fingerprint density at radius 3 is 2.55 bits per heavy atom. The number of alkyl halides is 3. The van der Waals surface area contributed by atoms with Crippen molar-refractivity contribution in [2.45, 2.75) is 31.7 Å². The van der Waals surface area contributed by atoms with Gasteiger partial charge in [0.05, 0.1) is 29.7 Å². The summed E-state index contributed by atoms with van der Waals surface area (Å²) in [5.41, 5.74) is 0.299. The number of hydrogen-bond acceptors (Lipinski definition) is 7. The van der Waals surface area contributed by atoms with Crippen LogP contribution in [0.3, 0.4) is 0 Å². The summed E-state index contributed by atoms with van der Waals surface area (Å²) in [6.45, 7) is 1.95. The van der Waals surface area contributed by atoms with Crippen molar-refractivity contribution >= 4 is 11.8 Å². The molecule has 1 aromatic carbocycles. The van der Waals surface area contributed by atoms with E-state index in [-0.39, 0.29) is 34.9 Å². The monoisotopic (exact) mass is 433 g/mol. The predicted octanol–water partition coefficient (Wildman–Crippen LogP) is 4.09. The minimum Gasteiger partial charge on any atom is -0.507 e. The predicted molar refractivity (Wildman–Crippen MR) is 100 cm³/mol. The highest BCUT2D eigenvalue weighted by Crippen LogP contribution is 2.49. The van der Waals surface area contributed by atoms with Gasteiger partial charge in [0.25, 0.3) is 0 Å². The fourth-order valence-electron chi connectivity index (χ4n) is 4.15. The van der Waals surface area contributed by atoms with E-state index in [4.69, 9.17) is 4.74 Å². The fraction of sp³-hybridized carbons (Fsp3) is 0.300. The number of rotatable bonds is 2. The zero-order valence-corrected chi connectivity index (χ0v) is 16.1. The summed E-state index contributed by atoms with van der Waals surface area (Å²) in [7, 11) is 0. The quantitative estimate of drug-likeness (QED) is 0.610. The SMILES string of the molecule is Cc1cc(C(F)(F)F)cc(O)c1-c1cc2c(nn1)N(c1ncc(F)cn1)[C@@H]1CCO[C@H]21. The Kier molecular flexibility index (Phi) is 4.33. The van der Waals surface area contributed by atoms with Crippen molar-refractivity contribution in [1.82, 2.24) is 20.2 Å². The number of ether oxygens (including phenoxy) is 1. The average Bonchev–Trinajstić information content (AvgIpc) is 3.28. The normalized spacial score (nSPS) is 20.1. The highest BCUT2D eigenvalue weighted by atomic mass is 19.4. The lowest BCUT2D eigenvalue weighted by molar-refractivity contribution is -0.137. The highest BCUT2D eigenvalue weighted by Gasteiger charge is 2.46. The van der Waals surface area contributed by atoms with Crippen LogP contribution in [0, 0.1) is 12.7 Å². The van der Waals surface area contributed by atoms with Gasteiger partial charge in [0, 0.05) is 17.7 Å². The van der Waals surface area contributed by atoms with Crippen molar-refractivity contribution in [2.75, 3.05) is 11.5 Å². The van der Waals surface area contributed by atoms with Crippen LogP contribution in [0.1, 0.15) is 29.2 Å². The van der Waals surface area contributed by atoms with Crippen molar-refractivity contribution in [3.8, 4) is 17.0 Å². The molecule has 0 radical (unpaired) electrons. The van der Waals surface area contributed by atoms with Gasteiger partial charge in [0.15, 0.2) is 11.6 Å². The van der Waals surface area contributed by atoms with Gasteiger partial charge in [-0.25, -0.2) is 14.4 Å². The van der Waals surface area contributed by atoms with Gasteiger partial charge in [-0.1, -0.05) is 0 Å².